The van der Waals surface area contributed by atoms with Crippen LogP contribution >= 0.6 is 0 Å². The number of hydrogen-bond donors (Lipinski definition) is 1. The minimum Gasteiger partial charge on any atom is -0.339 e. The zero-order valence-electron chi connectivity index (χ0n) is 12.0. The van der Waals surface area contributed by atoms with Gasteiger partial charge in [-0.25, -0.2) is 8.78 Å². The quantitative estimate of drug-likeness (QED) is 0.923. The molecule has 1 saturated heterocycles. The fraction of sp³-hybridized carbons (Fsp3) is 0.533. The van der Waals surface area contributed by atoms with Crippen LogP contribution in [0.5, 0.6) is 0 Å². The molecule has 110 valence electrons. The number of halogens is 2. The molecule has 20 heavy (non-hydrogen) atoms. The van der Waals surface area contributed by atoms with Crippen molar-refractivity contribution in [2.45, 2.75) is 19.9 Å². The first-order valence-corrected chi connectivity index (χ1v) is 6.84. The number of nitrogens with one attached hydrogen (secondary N) is 1. The molecule has 0 saturated carbocycles. The van der Waals surface area contributed by atoms with E-state index >= 15 is 0 Å². The van der Waals surface area contributed by atoms with E-state index < -0.39 is 17.7 Å². The van der Waals surface area contributed by atoms with E-state index in [0.717, 1.165) is 24.7 Å². The monoisotopic (exact) mass is 282 g/mol. The molecule has 0 spiro atoms. The van der Waals surface area contributed by atoms with Gasteiger partial charge in [0, 0.05) is 19.2 Å². The van der Waals surface area contributed by atoms with E-state index in [1.54, 1.807) is 14.0 Å². The van der Waals surface area contributed by atoms with E-state index in [-0.39, 0.29) is 23.3 Å². The summed E-state index contributed by atoms with van der Waals surface area (Å²) < 4.78 is 27.0. The molecule has 1 amide bonds. The fourth-order valence-electron chi connectivity index (χ4n) is 2.64. The molecule has 1 fully saturated rings. The summed E-state index contributed by atoms with van der Waals surface area (Å²) in [7, 11) is 1.64. The van der Waals surface area contributed by atoms with E-state index in [1.165, 1.54) is 4.90 Å². The van der Waals surface area contributed by atoms with Gasteiger partial charge in [-0.15, -0.1) is 0 Å². The van der Waals surface area contributed by atoms with Crippen LogP contribution in [-0.4, -0.2) is 30.9 Å². The molecule has 5 heteroatoms. The van der Waals surface area contributed by atoms with Gasteiger partial charge < -0.3 is 10.2 Å². The highest BCUT2D eigenvalue weighted by atomic mass is 19.1. The van der Waals surface area contributed by atoms with Crippen molar-refractivity contribution >= 4 is 5.91 Å². The topological polar surface area (TPSA) is 32.3 Å². The molecule has 1 aliphatic rings. The van der Waals surface area contributed by atoms with Crippen LogP contribution in [0.1, 0.15) is 25.5 Å². The van der Waals surface area contributed by atoms with E-state index in [1.807, 2.05) is 6.92 Å². The molecule has 0 radical (unpaired) electrons. The normalized spacial score (nSPS) is 23.6. The van der Waals surface area contributed by atoms with Crippen LogP contribution in [-0.2, 0) is 4.79 Å². The Kier molecular flexibility index (Phi) is 4.38. The summed E-state index contributed by atoms with van der Waals surface area (Å²) in [6.45, 7) is 5.18. The maximum atomic E-state index is 13.8. The molecule has 0 aromatic heterocycles. The lowest BCUT2D eigenvalue weighted by Crippen LogP contribution is -2.38. The van der Waals surface area contributed by atoms with Crippen LogP contribution in [0.2, 0.25) is 0 Å². The smallest absolute Gasteiger partial charge is 0.227 e. The highest BCUT2D eigenvalue weighted by molar-refractivity contribution is 5.80. The zero-order chi connectivity index (χ0) is 14.9. The first kappa shape index (κ1) is 14.9. The average Bonchev–Trinajstić information content (AvgIpc) is 2.85. The van der Waals surface area contributed by atoms with E-state index in [9.17, 15) is 13.6 Å². The lowest BCUT2D eigenvalue weighted by Gasteiger charge is -2.29. The zero-order valence-corrected chi connectivity index (χ0v) is 12.0. The summed E-state index contributed by atoms with van der Waals surface area (Å²) >= 11 is 0. The molecule has 3 atom stereocenters. The first-order valence-electron chi connectivity index (χ1n) is 6.84. The summed E-state index contributed by atoms with van der Waals surface area (Å²) in [5.41, 5.74) is 0.208. The van der Waals surface area contributed by atoms with Gasteiger partial charge in [0.1, 0.15) is 11.6 Å². The van der Waals surface area contributed by atoms with Crippen molar-refractivity contribution in [3.8, 4) is 0 Å². The number of amides is 1. The van der Waals surface area contributed by atoms with Crippen LogP contribution < -0.4 is 5.32 Å². The van der Waals surface area contributed by atoms with E-state index in [0.29, 0.717) is 6.54 Å². The van der Waals surface area contributed by atoms with Crippen LogP contribution in [0.4, 0.5) is 8.78 Å². The summed E-state index contributed by atoms with van der Waals surface area (Å²) in [6.07, 6.45) is 0. The number of hydrogen-bond acceptors (Lipinski definition) is 2. The van der Waals surface area contributed by atoms with Gasteiger partial charge in [-0.2, -0.15) is 0 Å². The van der Waals surface area contributed by atoms with Gasteiger partial charge in [0.25, 0.3) is 0 Å². The SMILES string of the molecule is CC(c1cc(F)ccc1F)N(C)C(=O)[C@@H]1CNC[C@H]1C. The molecule has 1 aliphatic heterocycles. The number of carbonyl (C=O) groups excluding carboxylic acids is 1. The first-order chi connectivity index (χ1) is 9.41. The van der Waals surface area contributed by atoms with Crippen molar-refractivity contribution in [1.29, 1.82) is 0 Å². The minimum absolute atomic E-state index is 0.0290. The lowest BCUT2D eigenvalue weighted by molar-refractivity contribution is -0.136. The van der Waals surface area contributed by atoms with E-state index in [4.69, 9.17) is 0 Å². The molecule has 3 nitrogen and oxygen atoms in total. The number of carbonyl (C=O) groups is 1. The Hall–Kier alpha value is -1.49. The molecule has 2 rings (SSSR count). The second-order valence-corrected chi connectivity index (χ2v) is 5.53. The third-order valence-electron chi connectivity index (χ3n) is 4.17. The van der Waals surface area contributed by atoms with Crippen molar-refractivity contribution in [3.63, 3.8) is 0 Å². The van der Waals surface area contributed by atoms with Gasteiger partial charge in [0.2, 0.25) is 5.91 Å². The molecule has 1 N–H and O–H groups in total. The molecule has 1 unspecified atom stereocenters. The van der Waals surface area contributed by atoms with Gasteiger partial charge in [0.15, 0.2) is 0 Å². The highest BCUT2D eigenvalue weighted by Gasteiger charge is 2.33. The minimum atomic E-state index is -0.495. The molecular formula is C15H20F2N2O. The highest BCUT2D eigenvalue weighted by Crippen LogP contribution is 2.26. The van der Waals surface area contributed by atoms with Gasteiger partial charge >= 0.3 is 0 Å². The molecule has 1 heterocycles. The summed E-state index contributed by atoms with van der Waals surface area (Å²) in [4.78, 5) is 13.9. The van der Waals surface area contributed by atoms with Crippen molar-refractivity contribution < 1.29 is 13.6 Å². The Morgan fingerprint density at radius 2 is 2.10 bits per heavy atom. The summed E-state index contributed by atoms with van der Waals surface area (Å²) in [5, 5.41) is 3.18. The Labute approximate surface area is 118 Å². The predicted molar refractivity (Wildman–Crippen MR) is 73.1 cm³/mol. The van der Waals surface area contributed by atoms with Crippen molar-refractivity contribution in [1.82, 2.24) is 10.2 Å². The maximum absolute atomic E-state index is 13.8. The largest absolute Gasteiger partial charge is 0.339 e. The van der Waals surface area contributed by atoms with Crippen LogP contribution in [0.25, 0.3) is 0 Å². The summed E-state index contributed by atoms with van der Waals surface area (Å²) in [6, 6.07) is 2.83. The Morgan fingerprint density at radius 1 is 1.40 bits per heavy atom. The maximum Gasteiger partial charge on any atom is 0.227 e. The number of nitrogens with zero attached hydrogens (tertiary/aromatic N) is 1. The van der Waals surface area contributed by atoms with Crippen molar-refractivity contribution in [2.24, 2.45) is 11.8 Å². The van der Waals surface area contributed by atoms with Crippen LogP contribution in [0.3, 0.4) is 0 Å². The molecule has 1 aromatic rings. The second kappa shape index (κ2) is 5.87. The lowest BCUT2D eigenvalue weighted by atomic mass is 9.95. The van der Waals surface area contributed by atoms with Crippen LogP contribution in [0.15, 0.2) is 18.2 Å². The van der Waals surface area contributed by atoms with Gasteiger partial charge in [0.05, 0.1) is 12.0 Å². The second-order valence-electron chi connectivity index (χ2n) is 5.53. The fourth-order valence-corrected chi connectivity index (χ4v) is 2.64. The molecule has 0 aliphatic carbocycles. The Bertz CT molecular complexity index is 507. The van der Waals surface area contributed by atoms with Gasteiger partial charge in [-0.1, -0.05) is 6.92 Å². The third kappa shape index (κ3) is 2.82. The Morgan fingerprint density at radius 3 is 2.70 bits per heavy atom. The summed E-state index contributed by atoms with van der Waals surface area (Å²) in [5.74, 6) is -0.853. The average molecular weight is 282 g/mol. The molecular weight excluding hydrogens is 262 g/mol. The van der Waals surface area contributed by atoms with Crippen molar-refractivity contribution in [2.75, 3.05) is 20.1 Å². The third-order valence-corrected chi connectivity index (χ3v) is 4.17. The molecule has 0 bridgehead atoms. The van der Waals surface area contributed by atoms with Crippen LogP contribution in [0, 0.1) is 23.5 Å². The van der Waals surface area contributed by atoms with Gasteiger partial charge in [-0.05, 0) is 37.6 Å². The predicted octanol–water partition coefficient (Wildman–Crippen LogP) is 2.34. The molecule has 1 aromatic carbocycles. The standard InChI is InChI=1S/C15H20F2N2O/c1-9-7-18-8-13(9)15(20)19(3)10(2)12-6-11(16)4-5-14(12)17/h4-6,9-10,13,18H,7-8H2,1-3H3/t9-,10?,13-/m1/s1. The van der Waals surface area contributed by atoms with Gasteiger partial charge in [-0.3, -0.25) is 4.79 Å². The number of rotatable bonds is 3. The van der Waals surface area contributed by atoms with Crippen molar-refractivity contribution in [3.05, 3.63) is 35.4 Å². The number of benzene rings is 1. The van der Waals surface area contributed by atoms with E-state index in [2.05, 4.69) is 5.32 Å². The Balaban J connectivity index is 2.17.